The minimum atomic E-state index is -4.54. The van der Waals surface area contributed by atoms with Crippen molar-refractivity contribution in [2.45, 2.75) is 6.18 Å². The molecule has 15 heavy (non-hydrogen) atoms. The molecule has 0 fully saturated rings. The molecular weight excluding hydrogens is 209 g/mol. The molecule has 0 aromatic carbocycles. The van der Waals surface area contributed by atoms with E-state index in [4.69, 9.17) is 0 Å². The fraction of sp³-hybridized carbons (Fsp3) is 0.250. The van der Waals surface area contributed by atoms with Gasteiger partial charge >= 0.3 is 6.18 Å². The van der Waals surface area contributed by atoms with Crippen molar-refractivity contribution >= 4 is 16.9 Å². The molecule has 2 N–H and O–H groups in total. The molecule has 2 aromatic heterocycles. The highest BCUT2D eigenvalue weighted by Crippen LogP contribution is 2.29. The summed E-state index contributed by atoms with van der Waals surface area (Å²) in [6.45, 7) is 0. The Bertz CT molecular complexity index is 488. The highest BCUT2D eigenvalue weighted by Gasteiger charge is 2.35. The summed E-state index contributed by atoms with van der Waals surface area (Å²) >= 11 is 0. The van der Waals surface area contributed by atoms with E-state index in [9.17, 15) is 13.2 Å². The monoisotopic (exact) mass is 216 g/mol. The molecule has 0 atom stereocenters. The molecule has 0 aliphatic carbocycles. The first kappa shape index (κ1) is 9.75. The third-order valence-corrected chi connectivity index (χ3v) is 1.91. The number of hydrogen-bond acceptors (Lipinski definition) is 3. The highest BCUT2D eigenvalue weighted by molar-refractivity contribution is 5.86. The lowest BCUT2D eigenvalue weighted by Crippen LogP contribution is -2.12. The third kappa shape index (κ3) is 1.60. The molecule has 0 unspecified atom stereocenters. The first-order chi connectivity index (χ1) is 7.02. The summed E-state index contributed by atoms with van der Waals surface area (Å²) in [6, 6.07) is 1.61. The topological polar surface area (TPSA) is 53.6 Å². The molecule has 0 aliphatic heterocycles. The van der Waals surface area contributed by atoms with Crippen LogP contribution < -0.4 is 5.32 Å². The number of hydrogen-bond donors (Lipinski definition) is 2. The first-order valence-electron chi connectivity index (χ1n) is 4.12. The molecule has 2 aromatic rings. The number of aromatic nitrogens is 3. The van der Waals surface area contributed by atoms with Gasteiger partial charge in [-0.25, -0.2) is 9.97 Å². The number of anilines is 1. The van der Waals surface area contributed by atoms with Crippen molar-refractivity contribution in [3.05, 3.63) is 18.1 Å². The molecule has 80 valence electrons. The number of aromatic amines is 1. The summed E-state index contributed by atoms with van der Waals surface area (Å²) in [4.78, 5) is 9.39. The molecule has 0 amide bonds. The van der Waals surface area contributed by atoms with E-state index in [1.165, 1.54) is 13.2 Å². The molecule has 0 saturated heterocycles. The first-order valence-corrected chi connectivity index (χ1v) is 4.12. The van der Waals surface area contributed by atoms with Gasteiger partial charge in [-0.05, 0) is 6.07 Å². The number of rotatable bonds is 1. The van der Waals surface area contributed by atoms with E-state index in [2.05, 4.69) is 20.3 Å². The van der Waals surface area contributed by atoms with Crippen LogP contribution in [0.3, 0.4) is 0 Å². The van der Waals surface area contributed by atoms with Crippen LogP contribution in [0.4, 0.5) is 19.0 Å². The van der Waals surface area contributed by atoms with Crippen LogP contribution >= 0.6 is 0 Å². The van der Waals surface area contributed by atoms with E-state index in [0.29, 0.717) is 5.39 Å². The highest BCUT2D eigenvalue weighted by atomic mass is 19.4. The van der Waals surface area contributed by atoms with Crippen molar-refractivity contribution in [3.63, 3.8) is 0 Å². The average molecular weight is 216 g/mol. The van der Waals surface area contributed by atoms with Crippen molar-refractivity contribution in [3.8, 4) is 0 Å². The number of halogens is 3. The van der Waals surface area contributed by atoms with Crippen LogP contribution in [0.15, 0.2) is 12.3 Å². The molecule has 0 spiro atoms. The lowest BCUT2D eigenvalue weighted by molar-refractivity contribution is -0.144. The van der Waals surface area contributed by atoms with Gasteiger partial charge in [-0.15, -0.1) is 0 Å². The molecular formula is C8H7F3N4. The van der Waals surface area contributed by atoms with E-state index in [1.807, 2.05) is 0 Å². The average Bonchev–Trinajstić information content (AvgIpc) is 2.62. The normalized spacial score (nSPS) is 12.0. The van der Waals surface area contributed by atoms with E-state index >= 15 is 0 Å². The van der Waals surface area contributed by atoms with Gasteiger partial charge in [0.1, 0.15) is 11.5 Å². The minimum Gasteiger partial charge on any atom is -0.372 e. The maximum atomic E-state index is 12.4. The van der Waals surface area contributed by atoms with E-state index < -0.39 is 12.0 Å². The van der Waals surface area contributed by atoms with Crippen molar-refractivity contribution in [2.75, 3.05) is 12.4 Å². The molecule has 0 aliphatic rings. The lowest BCUT2D eigenvalue weighted by Gasteiger charge is -2.07. The number of H-pyrrole nitrogens is 1. The van der Waals surface area contributed by atoms with Gasteiger partial charge in [0.2, 0.25) is 5.82 Å². The quantitative estimate of drug-likeness (QED) is 0.766. The minimum absolute atomic E-state index is 0.161. The van der Waals surface area contributed by atoms with Crippen LogP contribution in [-0.2, 0) is 6.18 Å². The van der Waals surface area contributed by atoms with Gasteiger partial charge < -0.3 is 10.3 Å². The second-order valence-electron chi connectivity index (χ2n) is 2.88. The van der Waals surface area contributed by atoms with Gasteiger partial charge in [0.05, 0.1) is 5.39 Å². The summed E-state index contributed by atoms with van der Waals surface area (Å²) in [7, 11) is 1.51. The van der Waals surface area contributed by atoms with Crippen LogP contribution in [0, 0.1) is 0 Å². The Morgan fingerprint density at radius 1 is 1.33 bits per heavy atom. The Hall–Kier alpha value is -1.79. The Labute approximate surface area is 82.5 Å². The smallest absolute Gasteiger partial charge is 0.372 e. The number of fused-ring (bicyclic) bond motifs is 1. The standard InChI is InChI=1S/C8H7F3N4/c1-12-5-4-2-3-13-6(4)15-7(14-5)8(9,10)11/h2-3H,1H3,(H2,12,13,14,15). The van der Waals surface area contributed by atoms with Crippen molar-refractivity contribution in [1.29, 1.82) is 0 Å². The summed E-state index contributed by atoms with van der Waals surface area (Å²) < 4.78 is 37.1. The molecule has 0 bridgehead atoms. The lowest BCUT2D eigenvalue weighted by atomic mass is 10.3. The number of alkyl halides is 3. The van der Waals surface area contributed by atoms with Gasteiger partial charge in [0, 0.05) is 13.2 Å². The van der Waals surface area contributed by atoms with Crippen LogP contribution in [-0.4, -0.2) is 22.0 Å². The van der Waals surface area contributed by atoms with Gasteiger partial charge in [0.25, 0.3) is 0 Å². The predicted molar refractivity (Wildman–Crippen MR) is 48.4 cm³/mol. The van der Waals surface area contributed by atoms with Crippen LogP contribution in [0.2, 0.25) is 0 Å². The Balaban J connectivity index is 2.69. The molecule has 4 nitrogen and oxygen atoms in total. The van der Waals surface area contributed by atoms with Crippen LogP contribution in [0.25, 0.3) is 11.0 Å². The number of nitrogens with one attached hydrogen (secondary N) is 2. The molecule has 2 heterocycles. The van der Waals surface area contributed by atoms with E-state index in [0.717, 1.165) is 0 Å². The van der Waals surface area contributed by atoms with E-state index in [-0.39, 0.29) is 11.5 Å². The van der Waals surface area contributed by atoms with Crippen molar-refractivity contribution in [2.24, 2.45) is 0 Å². The fourth-order valence-electron chi connectivity index (χ4n) is 1.26. The zero-order chi connectivity index (χ0) is 11.1. The second-order valence-corrected chi connectivity index (χ2v) is 2.88. The zero-order valence-electron chi connectivity index (χ0n) is 7.68. The molecule has 2 rings (SSSR count). The SMILES string of the molecule is CNc1nc(C(F)(F)F)nc2[nH]ccc12. The van der Waals surface area contributed by atoms with Gasteiger partial charge in [-0.2, -0.15) is 13.2 Å². The Morgan fingerprint density at radius 3 is 2.67 bits per heavy atom. The predicted octanol–water partition coefficient (Wildman–Crippen LogP) is 2.02. The van der Waals surface area contributed by atoms with Crippen molar-refractivity contribution in [1.82, 2.24) is 15.0 Å². The third-order valence-electron chi connectivity index (χ3n) is 1.91. The van der Waals surface area contributed by atoms with Crippen LogP contribution in [0.5, 0.6) is 0 Å². The molecule has 0 radical (unpaired) electrons. The Morgan fingerprint density at radius 2 is 2.07 bits per heavy atom. The Kier molecular flexibility index (Phi) is 2.02. The van der Waals surface area contributed by atoms with Gasteiger partial charge in [0.15, 0.2) is 0 Å². The van der Waals surface area contributed by atoms with E-state index in [1.54, 1.807) is 6.07 Å². The van der Waals surface area contributed by atoms with Crippen molar-refractivity contribution < 1.29 is 13.2 Å². The molecule has 0 saturated carbocycles. The van der Waals surface area contributed by atoms with Gasteiger partial charge in [-0.3, -0.25) is 0 Å². The largest absolute Gasteiger partial charge is 0.451 e. The number of nitrogens with zero attached hydrogens (tertiary/aromatic N) is 2. The molecule has 7 heteroatoms. The summed E-state index contributed by atoms with van der Waals surface area (Å²) in [5, 5.41) is 3.13. The maximum Gasteiger partial charge on any atom is 0.451 e. The summed E-state index contributed by atoms with van der Waals surface area (Å²) in [5.74, 6) is -0.990. The summed E-state index contributed by atoms with van der Waals surface area (Å²) in [5.41, 5.74) is 0.168. The fourth-order valence-corrected chi connectivity index (χ4v) is 1.26. The maximum absolute atomic E-state index is 12.4. The zero-order valence-corrected chi connectivity index (χ0v) is 7.68. The van der Waals surface area contributed by atoms with Crippen LogP contribution in [0.1, 0.15) is 5.82 Å². The summed E-state index contributed by atoms with van der Waals surface area (Å²) in [6.07, 6.45) is -3.02. The second kappa shape index (κ2) is 3.11. The van der Waals surface area contributed by atoms with Gasteiger partial charge in [-0.1, -0.05) is 0 Å².